The number of nitrogens with one attached hydrogen (secondary N) is 2. The highest BCUT2D eigenvalue weighted by atomic mass is 32.2. The molecular formula is C42H35N3S. The average Bonchev–Trinajstić information content (AvgIpc) is 3.42. The van der Waals surface area contributed by atoms with Crippen molar-refractivity contribution in [2.24, 2.45) is 0 Å². The first-order valence-corrected chi connectivity index (χ1v) is 17.0. The summed E-state index contributed by atoms with van der Waals surface area (Å²) in [5.74, 6) is 0. The average molecular weight is 614 g/mol. The van der Waals surface area contributed by atoms with Crippen molar-refractivity contribution in [2.45, 2.75) is 42.0 Å². The van der Waals surface area contributed by atoms with Gasteiger partial charge in [0.05, 0.1) is 22.1 Å². The zero-order valence-electron chi connectivity index (χ0n) is 26.0. The second-order valence-corrected chi connectivity index (χ2v) is 14.2. The van der Waals surface area contributed by atoms with Gasteiger partial charge in [-0.05, 0) is 70.7 Å². The molecular weight excluding hydrogens is 579 g/mol. The third kappa shape index (κ3) is 4.35. The molecule has 2 unspecified atom stereocenters. The van der Waals surface area contributed by atoms with Crippen molar-refractivity contribution in [1.82, 2.24) is 4.98 Å². The quantitative estimate of drug-likeness (QED) is 0.212. The van der Waals surface area contributed by atoms with E-state index in [0.717, 1.165) is 6.42 Å². The van der Waals surface area contributed by atoms with Gasteiger partial charge in [-0.1, -0.05) is 129 Å². The van der Waals surface area contributed by atoms with Crippen LogP contribution < -0.4 is 10.2 Å². The zero-order chi connectivity index (χ0) is 30.8. The molecule has 224 valence electrons. The molecule has 2 bridgehead atoms. The van der Waals surface area contributed by atoms with Crippen LogP contribution in [0.2, 0.25) is 0 Å². The minimum absolute atomic E-state index is 0.0974. The monoisotopic (exact) mass is 613 g/mol. The maximum absolute atomic E-state index is 3.78. The van der Waals surface area contributed by atoms with Gasteiger partial charge in [0.1, 0.15) is 5.37 Å². The molecule has 1 aromatic heterocycles. The van der Waals surface area contributed by atoms with Gasteiger partial charge in [0, 0.05) is 33.1 Å². The number of allylic oxidation sites excluding steroid dienone is 8. The highest BCUT2D eigenvalue weighted by Crippen LogP contribution is 2.48. The Morgan fingerprint density at radius 3 is 2.65 bits per heavy atom. The van der Waals surface area contributed by atoms with Crippen LogP contribution in [0.15, 0.2) is 156 Å². The summed E-state index contributed by atoms with van der Waals surface area (Å²) in [7, 11) is 0. The molecule has 46 heavy (non-hydrogen) atoms. The summed E-state index contributed by atoms with van der Waals surface area (Å²) < 4.78 is 0. The molecule has 2 atom stereocenters. The van der Waals surface area contributed by atoms with E-state index in [4.69, 9.17) is 0 Å². The van der Waals surface area contributed by atoms with Gasteiger partial charge in [0.2, 0.25) is 0 Å². The van der Waals surface area contributed by atoms with E-state index in [0.29, 0.717) is 0 Å². The van der Waals surface area contributed by atoms with Crippen molar-refractivity contribution in [3.63, 3.8) is 0 Å². The highest BCUT2D eigenvalue weighted by molar-refractivity contribution is 8.01. The van der Waals surface area contributed by atoms with Crippen LogP contribution in [0.4, 0.5) is 17.1 Å². The van der Waals surface area contributed by atoms with Gasteiger partial charge in [0.15, 0.2) is 0 Å². The van der Waals surface area contributed by atoms with Crippen LogP contribution in [0.5, 0.6) is 0 Å². The molecule has 0 radical (unpaired) electrons. The van der Waals surface area contributed by atoms with E-state index in [1.54, 1.807) is 0 Å². The van der Waals surface area contributed by atoms with Crippen LogP contribution >= 0.6 is 11.8 Å². The van der Waals surface area contributed by atoms with Crippen LogP contribution in [-0.2, 0) is 5.41 Å². The molecule has 3 heterocycles. The largest absolute Gasteiger partial charge is 0.368 e. The summed E-state index contributed by atoms with van der Waals surface area (Å²) in [6.45, 7) is 4.73. The number of nitrogens with zero attached hydrogens (tertiary/aromatic N) is 1. The molecule has 2 aliphatic heterocycles. The fraction of sp³-hybridized carbons (Fsp3) is 0.143. The van der Waals surface area contributed by atoms with E-state index in [2.05, 4.69) is 169 Å². The molecule has 2 N–H and O–H groups in total. The maximum atomic E-state index is 3.78. The Balaban J connectivity index is 1.12. The number of aromatic amines is 1. The third-order valence-electron chi connectivity index (χ3n) is 9.94. The van der Waals surface area contributed by atoms with Crippen molar-refractivity contribution in [3.05, 3.63) is 162 Å². The predicted octanol–water partition coefficient (Wildman–Crippen LogP) is 11.0. The van der Waals surface area contributed by atoms with Gasteiger partial charge in [-0.2, -0.15) is 0 Å². The molecule has 0 saturated carbocycles. The van der Waals surface area contributed by atoms with Gasteiger partial charge in [-0.25, -0.2) is 0 Å². The molecule has 0 fully saturated rings. The second kappa shape index (κ2) is 10.6. The van der Waals surface area contributed by atoms with Crippen LogP contribution in [0, 0.1) is 0 Å². The number of rotatable bonds is 3. The van der Waals surface area contributed by atoms with Crippen molar-refractivity contribution in [3.8, 4) is 0 Å². The van der Waals surface area contributed by atoms with Crippen molar-refractivity contribution < 1.29 is 0 Å². The summed E-state index contributed by atoms with van der Waals surface area (Å²) >= 11 is 1.91. The lowest BCUT2D eigenvalue weighted by molar-refractivity contribution is 0.643. The third-order valence-corrected chi connectivity index (χ3v) is 11.2. The number of thioether (sulfide) groups is 1. The van der Waals surface area contributed by atoms with Gasteiger partial charge < -0.3 is 15.2 Å². The summed E-state index contributed by atoms with van der Waals surface area (Å²) in [4.78, 5) is 7.57. The van der Waals surface area contributed by atoms with E-state index in [9.17, 15) is 0 Å². The van der Waals surface area contributed by atoms with E-state index in [-0.39, 0.29) is 16.8 Å². The number of para-hydroxylation sites is 2. The maximum Gasteiger partial charge on any atom is 0.102 e. The number of hydrogen-bond acceptors (Lipinski definition) is 3. The summed E-state index contributed by atoms with van der Waals surface area (Å²) in [6.07, 6.45) is 21.6. The Kier molecular flexibility index (Phi) is 6.29. The first-order chi connectivity index (χ1) is 22.5. The Morgan fingerprint density at radius 2 is 1.74 bits per heavy atom. The first-order valence-electron chi connectivity index (χ1n) is 16.2. The highest BCUT2D eigenvalue weighted by Gasteiger charge is 2.35. The first kappa shape index (κ1) is 27.4. The lowest BCUT2D eigenvalue weighted by Crippen LogP contribution is -2.28. The number of anilines is 3. The minimum Gasteiger partial charge on any atom is -0.368 e. The number of fused-ring (bicyclic) bond motifs is 7. The Hall–Kier alpha value is -4.93. The smallest absolute Gasteiger partial charge is 0.102 e. The van der Waals surface area contributed by atoms with E-state index >= 15 is 0 Å². The topological polar surface area (TPSA) is 31.1 Å². The summed E-state index contributed by atoms with van der Waals surface area (Å²) in [5.41, 5.74) is 12.4. The van der Waals surface area contributed by atoms with Gasteiger partial charge >= 0.3 is 0 Å². The normalized spacial score (nSPS) is 21.1. The van der Waals surface area contributed by atoms with Crippen LogP contribution in [0.1, 0.15) is 31.4 Å². The van der Waals surface area contributed by atoms with Gasteiger partial charge in [-0.15, -0.1) is 0 Å². The molecule has 5 aromatic rings. The SMILES string of the molecule is CC1(C)C2=CC(C=CC(c3ccc4[nH]c5c6c(ccc5c4c3)NC(C3=CCC=CC=C3)S6)=C2)N(c2ccccc2)c2ccccc21. The number of benzene rings is 4. The Bertz CT molecular complexity index is 2220. The van der Waals surface area contributed by atoms with E-state index in [1.165, 1.54) is 71.6 Å². The molecule has 2 aliphatic carbocycles. The fourth-order valence-electron chi connectivity index (χ4n) is 7.45. The van der Waals surface area contributed by atoms with Crippen molar-refractivity contribution in [1.29, 1.82) is 0 Å². The summed E-state index contributed by atoms with van der Waals surface area (Å²) in [5, 5.41) is 6.52. The zero-order valence-corrected chi connectivity index (χ0v) is 26.8. The molecule has 4 heteroatoms. The summed E-state index contributed by atoms with van der Waals surface area (Å²) in [6, 6.07) is 31.2. The molecule has 4 aliphatic rings. The van der Waals surface area contributed by atoms with Crippen LogP contribution in [0.3, 0.4) is 0 Å². The number of H-pyrrole nitrogens is 1. The van der Waals surface area contributed by atoms with Crippen molar-refractivity contribution >= 4 is 56.2 Å². The molecule has 3 nitrogen and oxygen atoms in total. The lowest BCUT2D eigenvalue weighted by atomic mass is 9.76. The number of hydrogen-bond donors (Lipinski definition) is 2. The predicted molar refractivity (Wildman–Crippen MR) is 197 cm³/mol. The van der Waals surface area contributed by atoms with Gasteiger partial charge in [-0.3, -0.25) is 0 Å². The van der Waals surface area contributed by atoms with E-state index < -0.39 is 0 Å². The standard InChI is InChI=1S/C42H35N3S/c1-42(2)30-24-28(18-20-32(26-30)45(31-14-8-5-9-15-31)38-17-11-10-16-35(38)42)29-19-22-36-34(25-29)33-21-23-37-40(39(33)43-36)46-41(44-37)27-12-6-3-4-7-13-27/h3-6,8-26,32,41,43-44H,7H2,1-2H3. The van der Waals surface area contributed by atoms with E-state index in [1.807, 2.05) is 11.8 Å². The Morgan fingerprint density at radius 1 is 0.870 bits per heavy atom. The molecule has 0 amide bonds. The molecule has 0 spiro atoms. The lowest BCUT2D eigenvalue weighted by Gasteiger charge is -2.33. The molecule has 4 aromatic carbocycles. The number of aromatic nitrogens is 1. The fourth-order valence-corrected chi connectivity index (χ4v) is 8.72. The molecule has 9 rings (SSSR count). The van der Waals surface area contributed by atoms with Crippen molar-refractivity contribution in [2.75, 3.05) is 10.2 Å². The van der Waals surface area contributed by atoms with Crippen LogP contribution in [-0.4, -0.2) is 16.4 Å². The van der Waals surface area contributed by atoms with Crippen LogP contribution in [0.25, 0.3) is 27.4 Å². The second-order valence-electron chi connectivity index (χ2n) is 13.0. The van der Waals surface area contributed by atoms with Gasteiger partial charge in [0.25, 0.3) is 0 Å². The Labute approximate surface area is 274 Å². The molecule has 0 saturated heterocycles. The minimum atomic E-state index is -0.167.